The van der Waals surface area contributed by atoms with Crippen LogP contribution in [-0.4, -0.2) is 38.0 Å². The second-order valence-corrected chi connectivity index (χ2v) is 6.79. The number of hydrazine groups is 1. The summed E-state index contributed by atoms with van der Waals surface area (Å²) in [6, 6.07) is 10.8. The summed E-state index contributed by atoms with van der Waals surface area (Å²) in [6.07, 6.45) is -0.102. The molecule has 0 aliphatic carbocycles. The fourth-order valence-corrected chi connectivity index (χ4v) is 3.30. The Morgan fingerprint density at radius 2 is 1.89 bits per heavy atom. The zero-order valence-corrected chi connectivity index (χ0v) is 16.8. The topological polar surface area (TPSA) is 97.0 Å². The fourth-order valence-electron chi connectivity index (χ4n) is 2.83. The normalized spacial score (nSPS) is 16.2. The lowest BCUT2D eigenvalue weighted by atomic mass is 10.2. The van der Waals surface area contributed by atoms with E-state index in [0.29, 0.717) is 27.2 Å². The van der Waals surface area contributed by atoms with Crippen LogP contribution in [0.3, 0.4) is 0 Å². The van der Waals surface area contributed by atoms with Crippen LogP contribution >= 0.6 is 15.9 Å². The van der Waals surface area contributed by atoms with Gasteiger partial charge in [-0.2, -0.15) is 0 Å². The molecule has 1 fully saturated rings. The molecule has 8 nitrogen and oxygen atoms in total. The maximum atomic E-state index is 12.8. The smallest absolute Gasteiger partial charge is 0.266 e. The molecule has 0 bridgehead atoms. The van der Waals surface area contributed by atoms with Gasteiger partial charge < -0.3 is 9.47 Å². The van der Waals surface area contributed by atoms with Crippen molar-refractivity contribution in [2.24, 2.45) is 0 Å². The van der Waals surface area contributed by atoms with E-state index in [1.165, 1.54) is 14.2 Å². The minimum Gasteiger partial charge on any atom is -0.497 e. The van der Waals surface area contributed by atoms with Crippen molar-refractivity contribution in [3.8, 4) is 11.5 Å². The van der Waals surface area contributed by atoms with Crippen molar-refractivity contribution in [3.63, 3.8) is 0 Å². The SMILES string of the molecule is COc1ccc(OC)c(N2C(=O)C[C@@H](NNC(=O)c3ccccc3Br)C2=O)c1. The molecule has 0 unspecified atom stereocenters. The maximum Gasteiger partial charge on any atom is 0.266 e. The predicted octanol–water partition coefficient (Wildman–Crippen LogP) is 2.03. The summed E-state index contributed by atoms with van der Waals surface area (Å²) in [7, 11) is 2.94. The van der Waals surface area contributed by atoms with Crippen LogP contribution in [-0.2, 0) is 9.59 Å². The molecule has 1 aliphatic rings. The molecule has 3 rings (SSSR count). The molecule has 2 N–H and O–H groups in total. The summed E-state index contributed by atoms with van der Waals surface area (Å²) < 4.78 is 11.0. The first-order valence-electron chi connectivity index (χ1n) is 8.35. The van der Waals surface area contributed by atoms with Gasteiger partial charge in [0.05, 0.1) is 31.9 Å². The average molecular weight is 448 g/mol. The van der Waals surface area contributed by atoms with Gasteiger partial charge in [-0.15, -0.1) is 0 Å². The third-order valence-electron chi connectivity index (χ3n) is 4.25. The first-order valence-corrected chi connectivity index (χ1v) is 9.14. The number of hydrogen-bond donors (Lipinski definition) is 2. The number of anilines is 1. The highest BCUT2D eigenvalue weighted by molar-refractivity contribution is 9.10. The number of amides is 3. The summed E-state index contributed by atoms with van der Waals surface area (Å²) in [5.74, 6) is -0.492. The molecule has 3 amide bonds. The molecule has 146 valence electrons. The van der Waals surface area contributed by atoms with E-state index in [-0.39, 0.29) is 6.42 Å². The van der Waals surface area contributed by atoms with Gasteiger partial charge in [-0.3, -0.25) is 19.8 Å². The number of halogens is 1. The van der Waals surface area contributed by atoms with Gasteiger partial charge in [-0.1, -0.05) is 12.1 Å². The summed E-state index contributed by atoms with van der Waals surface area (Å²) in [5, 5.41) is 0. The van der Waals surface area contributed by atoms with Gasteiger partial charge in [0.15, 0.2) is 0 Å². The number of imide groups is 1. The third-order valence-corrected chi connectivity index (χ3v) is 4.94. The minimum atomic E-state index is -0.894. The largest absolute Gasteiger partial charge is 0.497 e. The van der Waals surface area contributed by atoms with Crippen LogP contribution in [0, 0.1) is 0 Å². The fraction of sp³-hybridized carbons (Fsp3) is 0.211. The quantitative estimate of drug-likeness (QED) is 0.519. The number of hydrogen-bond acceptors (Lipinski definition) is 6. The van der Waals surface area contributed by atoms with E-state index in [0.717, 1.165) is 4.90 Å². The Morgan fingerprint density at radius 3 is 2.57 bits per heavy atom. The number of ether oxygens (including phenoxy) is 2. The lowest BCUT2D eigenvalue weighted by Crippen LogP contribution is -2.48. The van der Waals surface area contributed by atoms with E-state index in [1.54, 1.807) is 42.5 Å². The molecule has 1 heterocycles. The van der Waals surface area contributed by atoms with Crippen molar-refractivity contribution in [1.82, 2.24) is 10.9 Å². The number of nitrogens with one attached hydrogen (secondary N) is 2. The molecule has 0 aromatic heterocycles. The van der Waals surface area contributed by atoms with Crippen LogP contribution in [0.1, 0.15) is 16.8 Å². The monoisotopic (exact) mass is 447 g/mol. The molecule has 9 heteroatoms. The molecule has 1 atom stereocenters. The van der Waals surface area contributed by atoms with Gasteiger partial charge in [0, 0.05) is 10.5 Å². The van der Waals surface area contributed by atoms with Gasteiger partial charge in [0.25, 0.3) is 11.8 Å². The molecular weight excluding hydrogens is 430 g/mol. The van der Waals surface area contributed by atoms with E-state index < -0.39 is 23.8 Å². The Morgan fingerprint density at radius 1 is 1.14 bits per heavy atom. The van der Waals surface area contributed by atoms with Crippen molar-refractivity contribution >= 4 is 39.3 Å². The minimum absolute atomic E-state index is 0.102. The Kier molecular flexibility index (Phi) is 5.96. The van der Waals surface area contributed by atoms with Crippen LogP contribution in [0.15, 0.2) is 46.9 Å². The molecule has 1 saturated heterocycles. The maximum absolute atomic E-state index is 12.8. The zero-order chi connectivity index (χ0) is 20.3. The van der Waals surface area contributed by atoms with E-state index in [9.17, 15) is 14.4 Å². The summed E-state index contributed by atoms with van der Waals surface area (Å²) in [5.41, 5.74) is 5.82. The van der Waals surface area contributed by atoms with Gasteiger partial charge in [-0.05, 0) is 40.2 Å². The molecule has 1 aliphatic heterocycles. The molecule has 28 heavy (non-hydrogen) atoms. The Bertz CT molecular complexity index is 934. The van der Waals surface area contributed by atoms with Crippen LogP contribution in [0.2, 0.25) is 0 Å². The van der Waals surface area contributed by atoms with Crippen molar-refractivity contribution < 1.29 is 23.9 Å². The standard InChI is InChI=1S/C19H18BrN3O5/c1-27-11-7-8-16(28-2)15(9-11)23-17(24)10-14(19(23)26)21-22-18(25)12-5-3-4-6-13(12)20/h3-9,14,21H,10H2,1-2H3,(H,22,25)/t14-/m1/s1. The Hall–Kier alpha value is -2.91. The zero-order valence-electron chi connectivity index (χ0n) is 15.2. The molecule has 0 radical (unpaired) electrons. The van der Waals surface area contributed by atoms with Gasteiger partial charge in [0.2, 0.25) is 5.91 Å². The van der Waals surface area contributed by atoms with Crippen molar-refractivity contribution in [1.29, 1.82) is 0 Å². The summed E-state index contributed by atoms with van der Waals surface area (Å²) >= 11 is 3.30. The van der Waals surface area contributed by atoms with Gasteiger partial charge in [0.1, 0.15) is 17.5 Å². The number of nitrogens with zero attached hydrogens (tertiary/aromatic N) is 1. The van der Waals surface area contributed by atoms with Crippen molar-refractivity contribution in [2.45, 2.75) is 12.5 Å². The highest BCUT2D eigenvalue weighted by atomic mass is 79.9. The number of carbonyl (C=O) groups excluding carboxylic acids is 3. The van der Waals surface area contributed by atoms with Crippen molar-refractivity contribution in [3.05, 3.63) is 52.5 Å². The first kappa shape index (κ1) is 19.8. The number of benzene rings is 2. The Balaban J connectivity index is 1.75. The van der Waals surface area contributed by atoms with Crippen LogP contribution in [0.25, 0.3) is 0 Å². The number of methoxy groups -OCH3 is 2. The lowest BCUT2D eigenvalue weighted by Gasteiger charge is -2.19. The van der Waals surface area contributed by atoms with E-state index >= 15 is 0 Å². The molecule has 2 aromatic carbocycles. The average Bonchev–Trinajstić information content (AvgIpc) is 2.99. The second kappa shape index (κ2) is 8.41. The Labute approximate surface area is 169 Å². The van der Waals surface area contributed by atoms with Gasteiger partial charge >= 0.3 is 0 Å². The highest BCUT2D eigenvalue weighted by Crippen LogP contribution is 2.35. The van der Waals surface area contributed by atoms with Crippen LogP contribution in [0.4, 0.5) is 5.69 Å². The summed E-state index contributed by atoms with van der Waals surface area (Å²) in [4.78, 5) is 38.6. The predicted molar refractivity (Wildman–Crippen MR) is 105 cm³/mol. The lowest BCUT2D eigenvalue weighted by molar-refractivity contribution is -0.121. The number of carbonyl (C=O) groups is 3. The second-order valence-electron chi connectivity index (χ2n) is 5.94. The van der Waals surface area contributed by atoms with E-state index in [1.807, 2.05) is 0 Å². The molecule has 0 saturated carbocycles. The van der Waals surface area contributed by atoms with Crippen LogP contribution in [0.5, 0.6) is 11.5 Å². The van der Waals surface area contributed by atoms with E-state index in [4.69, 9.17) is 9.47 Å². The molecule has 2 aromatic rings. The molecule has 0 spiro atoms. The molecular formula is C19H18BrN3O5. The number of rotatable bonds is 6. The summed E-state index contributed by atoms with van der Waals surface area (Å²) in [6.45, 7) is 0. The third kappa shape index (κ3) is 3.85. The highest BCUT2D eigenvalue weighted by Gasteiger charge is 2.41. The van der Waals surface area contributed by atoms with Gasteiger partial charge in [-0.25, -0.2) is 10.3 Å². The van der Waals surface area contributed by atoms with Crippen molar-refractivity contribution in [2.75, 3.05) is 19.1 Å². The first-order chi connectivity index (χ1) is 13.5. The van der Waals surface area contributed by atoms with Crippen LogP contribution < -0.4 is 25.2 Å². The van der Waals surface area contributed by atoms with E-state index in [2.05, 4.69) is 26.8 Å².